The second kappa shape index (κ2) is 11.1. The van der Waals surface area contributed by atoms with Gasteiger partial charge in [-0.15, -0.1) is 10.2 Å². The fraction of sp³-hybridized carbons (Fsp3) is 0.304. The number of non-ortho nitro benzene ring substituents is 1. The van der Waals surface area contributed by atoms with Gasteiger partial charge in [0.1, 0.15) is 5.82 Å². The van der Waals surface area contributed by atoms with Crippen LogP contribution in [0, 0.1) is 28.8 Å². The number of nitro groups is 1. The molecule has 184 valence electrons. The van der Waals surface area contributed by atoms with Crippen LogP contribution in [0.4, 0.5) is 15.8 Å². The average molecular weight is 501 g/mol. The van der Waals surface area contributed by atoms with Crippen LogP contribution >= 0.6 is 11.8 Å². The number of nitrogens with zero attached hydrogens (tertiary/aromatic N) is 4. The van der Waals surface area contributed by atoms with Gasteiger partial charge in [-0.1, -0.05) is 37.7 Å². The molecule has 3 rings (SSSR count). The molecule has 0 aliphatic rings. The minimum absolute atomic E-state index is 0.0221. The Morgan fingerprint density at radius 1 is 1.20 bits per heavy atom. The van der Waals surface area contributed by atoms with E-state index in [0.29, 0.717) is 16.7 Å². The van der Waals surface area contributed by atoms with Crippen LogP contribution in [0.1, 0.15) is 41.6 Å². The molecule has 0 aliphatic heterocycles. The molecular formula is C23H25FN6O4S. The van der Waals surface area contributed by atoms with Crippen molar-refractivity contribution < 1.29 is 18.9 Å². The number of thioether (sulfide) groups is 1. The summed E-state index contributed by atoms with van der Waals surface area (Å²) < 4.78 is 15.1. The van der Waals surface area contributed by atoms with Crippen LogP contribution in [-0.2, 0) is 11.8 Å². The summed E-state index contributed by atoms with van der Waals surface area (Å²) in [6.07, 6.45) is 0. The van der Waals surface area contributed by atoms with Crippen molar-refractivity contribution >= 4 is 35.0 Å². The van der Waals surface area contributed by atoms with Gasteiger partial charge in [0, 0.05) is 30.4 Å². The molecule has 1 aromatic heterocycles. The number of anilines is 1. The lowest BCUT2D eigenvalue weighted by Gasteiger charge is -2.21. The molecule has 1 heterocycles. The molecular weight excluding hydrogens is 475 g/mol. The quantitative estimate of drug-likeness (QED) is 0.258. The number of nitro benzene ring substituents is 1. The van der Waals surface area contributed by atoms with E-state index >= 15 is 0 Å². The molecule has 2 N–H and O–H groups in total. The first-order chi connectivity index (χ1) is 16.6. The molecule has 3 aromatic rings. The highest BCUT2D eigenvalue weighted by atomic mass is 32.2. The Morgan fingerprint density at radius 2 is 1.94 bits per heavy atom. The lowest BCUT2D eigenvalue weighted by molar-refractivity contribution is -0.384. The summed E-state index contributed by atoms with van der Waals surface area (Å²) in [6, 6.07) is 9.11. The number of nitrogens with one attached hydrogen (secondary N) is 2. The zero-order valence-corrected chi connectivity index (χ0v) is 20.4. The van der Waals surface area contributed by atoms with Crippen LogP contribution in [0.25, 0.3) is 0 Å². The number of hydrogen-bond donors (Lipinski definition) is 2. The zero-order chi connectivity index (χ0) is 25.7. The molecule has 10 nitrogen and oxygen atoms in total. The van der Waals surface area contributed by atoms with Crippen molar-refractivity contribution in [2.75, 3.05) is 11.1 Å². The van der Waals surface area contributed by atoms with Crippen LogP contribution in [0.3, 0.4) is 0 Å². The van der Waals surface area contributed by atoms with Crippen molar-refractivity contribution in [1.82, 2.24) is 20.1 Å². The van der Waals surface area contributed by atoms with E-state index in [1.807, 2.05) is 13.8 Å². The van der Waals surface area contributed by atoms with Gasteiger partial charge in [-0.25, -0.2) is 4.39 Å². The van der Waals surface area contributed by atoms with Gasteiger partial charge < -0.3 is 15.2 Å². The number of amides is 2. The van der Waals surface area contributed by atoms with Crippen LogP contribution in [-0.4, -0.2) is 37.3 Å². The van der Waals surface area contributed by atoms with Gasteiger partial charge >= 0.3 is 0 Å². The molecule has 0 fully saturated rings. The largest absolute Gasteiger partial charge is 0.342 e. The average Bonchev–Trinajstić information content (AvgIpc) is 3.18. The minimum Gasteiger partial charge on any atom is -0.342 e. The first kappa shape index (κ1) is 25.8. The number of hydrogen-bond acceptors (Lipinski definition) is 7. The van der Waals surface area contributed by atoms with Crippen molar-refractivity contribution in [3.05, 3.63) is 75.3 Å². The molecule has 0 saturated carbocycles. The Morgan fingerprint density at radius 3 is 2.63 bits per heavy atom. The topological polar surface area (TPSA) is 132 Å². The SMILES string of the molecule is Cc1ccc(F)cc1NC(=O)CSc1nnc([C@H](NC(=O)c2cccc([N+](=O)[O-])c2)C(C)C)n1C. The maximum Gasteiger partial charge on any atom is 0.270 e. The van der Waals surface area contributed by atoms with E-state index in [1.165, 1.54) is 36.4 Å². The normalized spacial score (nSPS) is 11.8. The number of carbonyl (C=O) groups excluding carboxylic acids is 2. The van der Waals surface area contributed by atoms with Gasteiger partial charge in [-0.05, 0) is 36.6 Å². The fourth-order valence-corrected chi connectivity index (χ4v) is 4.00. The highest BCUT2D eigenvalue weighted by Crippen LogP contribution is 2.25. The summed E-state index contributed by atoms with van der Waals surface area (Å²) in [4.78, 5) is 35.6. The molecule has 0 unspecified atom stereocenters. The number of carbonyl (C=O) groups is 2. The van der Waals surface area contributed by atoms with E-state index < -0.39 is 22.7 Å². The zero-order valence-electron chi connectivity index (χ0n) is 19.6. The fourth-order valence-electron chi connectivity index (χ4n) is 3.28. The monoisotopic (exact) mass is 500 g/mol. The van der Waals surface area contributed by atoms with Gasteiger partial charge in [0.2, 0.25) is 5.91 Å². The van der Waals surface area contributed by atoms with Gasteiger partial charge in [-0.2, -0.15) is 0 Å². The molecule has 1 atom stereocenters. The summed E-state index contributed by atoms with van der Waals surface area (Å²) in [5, 5.41) is 25.4. The predicted molar refractivity (Wildman–Crippen MR) is 130 cm³/mol. The standard InChI is InChI=1S/C23H25FN6O4S/c1-13(2)20(26-22(32)15-6-5-7-17(10-15)30(33)34)21-27-28-23(29(21)4)35-12-19(31)25-18-11-16(24)9-8-14(18)3/h5-11,13,20H,12H2,1-4H3,(H,25,31)(H,26,32)/t20-/m1/s1. The highest BCUT2D eigenvalue weighted by molar-refractivity contribution is 7.99. The van der Waals surface area contributed by atoms with Gasteiger partial charge in [0.25, 0.3) is 11.6 Å². The van der Waals surface area contributed by atoms with Crippen LogP contribution in [0.15, 0.2) is 47.6 Å². The molecule has 0 radical (unpaired) electrons. The van der Waals surface area contributed by atoms with Crippen molar-refractivity contribution in [3.63, 3.8) is 0 Å². The minimum atomic E-state index is -0.561. The van der Waals surface area contributed by atoms with E-state index in [4.69, 9.17) is 0 Å². The number of aromatic nitrogens is 3. The summed E-state index contributed by atoms with van der Waals surface area (Å²) in [5.41, 5.74) is 1.12. The van der Waals surface area contributed by atoms with E-state index in [0.717, 1.165) is 17.3 Å². The second-order valence-electron chi connectivity index (χ2n) is 8.20. The smallest absolute Gasteiger partial charge is 0.270 e. The van der Waals surface area contributed by atoms with Crippen LogP contribution < -0.4 is 10.6 Å². The third-order valence-corrected chi connectivity index (χ3v) is 6.25. The third-order valence-electron chi connectivity index (χ3n) is 5.23. The molecule has 35 heavy (non-hydrogen) atoms. The van der Waals surface area contributed by atoms with Crippen molar-refractivity contribution in [2.45, 2.75) is 32.0 Å². The molecule has 0 aliphatic carbocycles. The lowest BCUT2D eigenvalue weighted by Crippen LogP contribution is -2.33. The first-order valence-corrected chi connectivity index (χ1v) is 11.7. The molecule has 0 saturated heterocycles. The molecule has 2 aromatic carbocycles. The summed E-state index contributed by atoms with van der Waals surface area (Å²) in [6.45, 7) is 5.56. The Labute approximate surface area is 205 Å². The van der Waals surface area contributed by atoms with Crippen molar-refractivity contribution in [1.29, 1.82) is 0 Å². The molecule has 2 amide bonds. The maximum atomic E-state index is 13.5. The van der Waals surface area contributed by atoms with E-state index in [1.54, 1.807) is 24.6 Å². The summed E-state index contributed by atoms with van der Waals surface area (Å²) >= 11 is 1.15. The van der Waals surface area contributed by atoms with Gasteiger partial charge in [0.15, 0.2) is 11.0 Å². The van der Waals surface area contributed by atoms with Gasteiger partial charge in [0.05, 0.1) is 16.7 Å². The van der Waals surface area contributed by atoms with Crippen LogP contribution in [0.2, 0.25) is 0 Å². The van der Waals surface area contributed by atoms with Crippen molar-refractivity contribution in [2.24, 2.45) is 13.0 Å². The molecule has 0 spiro atoms. The Kier molecular flexibility index (Phi) is 8.18. The second-order valence-corrected chi connectivity index (χ2v) is 9.14. The summed E-state index contributed by atoms with van der Waals surface area (Å²) in [5.74, 6) is -0.820. The van der Waals surface area contributed by atoms with E-state index in [9.17, 15) is 24.1 Å². The maximum absolute atomic E-state index is 13.5. The van der Waals surface area contributed by atoms with Crippen LogP contribution in [0.5, 0.6) is 0 Å². The Balaban J connectivity index is 1.69. The first-order valence-electron chi connectivity index (χ1n) is 10.7. The van der Waals surface area contributed by atoms with Gasteiger partial charge in [-0.3, -0.25) is 19.7 Å². The lowest BCUT2D eigenvalue weighted by atomic mass is 10.0. The van der Waals surface area contributed by atoms with Crippen molar-refractivity contribution in [3.8, 4) is 0 Å². The number of aryl methyl sites for hydroxylation is 1. The number of rotatable bonds is 9. The Bertz CT molecular complexity index is 1260. The molecule has 12 heteroatoms. The highest BCUT2D eigenvalue weighted by Gasteiger charge is 2.26. The number of halogens is 1. The molecule has 0 bridgehead atoms. The Hall–Kier alpha value is -3.80. The van der Waals surface area contributed by atoms with E-state index in [2.05, 4.69) is 20.8 Å². The summed E-state index contributed by atoms with van der Waals surface area (Å²) in [7, 11) is 1.72. The van der Waals surface area contributed by atoms with E-state index in [-0.39, 0.29) is 28.8 Å². The predicted octanol–water partition coefficient (Wildman–Crippen LogP) is 4.03. The third kappa shape index (κ3) is 6.41. The number of benzene rings is 2.